The van der Waals surface area contributed by atoms with Crippen LogP contribution in [-0.4, -0.2) is 18.2 Å². The number of rotatable bonds is 5. The molecular weight excluding hydrogens is 292 g/mol. The first-order chi connectivity index (χ1) is 10.8. The van der Waals surface area contributed by atoms with Gasteiger partial charge >= 0.3 is 5.97 Å². The number of methoxy groups -OCH3 is 1. The van der Waals surface area contributed by atoms with Crippen LogP contribution in [0.5, 0.6) is 11.5 Å². The molecule has 0 aliphatic heterocycles. The topological polar surface area (TPSA) is 55.8 Å². The molecule has 0 amide bonds. The molecule has 2 rings (SSSR count). The smallest absolute Gasteiger partial charge is 0.336 e. The van der Waals surface area contributed by atoms with Gasteiger partial charge in [-0.3, -0.25) is 0 Å². The van der Waals surface area contributed by atoms with Gasteiger partial charge in [0.1, 0.15) is 18.1 Å². The van der Waals surface area contributed by atoms with E-state index in [0.717, 1.165) is 17.1 Å². The van der Waals surface area contributed by atoms with Gasteiger partial charge < -0.3 is 14.6 Å². The molecule has 0 aliphatic carbocycles. The fourth-order valence-corrected chi connectivity index (χ4v) is 2.36. The molecule has 0 atom stereocenters. The molecule has 2 aromatic carbocycles. The molecule has 0 aliphatic rings. The van der Waals surface area contributed by atoms with Crippen LogP contribution in [-0.2, 0) is 12.0 Å². The van der Waals surface area contributed by atoms with Crippen LogP contribution >= 0.6 is 0 Å². The summed E-state index contributed by atoms with van der Waals surface area (Å²) in [6.07, 6.45) is 0. The van der Waals surface area contributed by atoms with Gasteiger partial charge in [-0.2, -0.15) is 0 Å². The van der Waals surface area contributed by atoms with E-state index in [1.54, 1.807) is 25.3 Å². The molecule has 0 unspecified atom stereocenters. The van der Waals surface area contributed by atoms with Crippen LogP contribution in [0.4, 0.5) is 0 Å². The van der Waals surface area contributed by atoms with Crippen molar-refractivity contribution in [2.75, 3.05) is 7.11 Å². The summed E-state index contributed by atoms with van der Waals surface area (Å²) in [5, 5.41) is 9.24. The number of ether oxygens (including phenoxy) is 2. The van der Waals surface area contributed by atoms with E-state index in [1.807, 2.05) is 24.3 Å². The summed E-state index contributed by atoms with van der Waals surface area (Å²) in [5.41, 5.74) is 1.81. The first-order valence-corrected chi connectivity index (χ1v) is 7.45. The quantitative estimate of drug-likeness (QED) is 0.895. The number of carboxylic acid groups (broad SMARTS) is 1. The Morgan fingerprint density at radius 3 is 2.43 bits per heavy atom. The predicted molar refractivity (Wildman–Crippen MR) is 89.4 cm³/mol. The Kier molecular flexibility index (Phi) is 4.94. The maximum absolute atomic E-state index is 11.3. The second-order valence-electron chi connectivity index (χ2n) is 6.36. The first-order valence-electron chi connectivity index (χ1n) is 7.45. The summed E-state index contributed by atoms with van der Waals surface area (Å²) in [4.78, 5) is 11.3. The lowest BCUT2D eigenvalue weighted by Gasteiger charge is -2.23. The summed E-state index contributed by atoms with van der Waals surface area (Å²) < 4.78 is 11.2. The second-order valence-corrected chi connectivity index (χ2v) is 6.36. The highest BCUT2D eigenvalue weighted by Gasteiger charge is 2.20. The predicted octanol–water partition coefficient (Wildman–Crippen LogP) is 4.27. The van der Waals surface area contributed by atoms with Crippen LogP contribution < -0.4 is 9.47 Å². The highest BCUT2D eigenvalue weighted by molar-refractivity contribution is 5.89. The van der Waals surface area contributed by atoms with Crippen LogP contribution in [0.15, 0.2) is 42.5 Å². The standard InChI is InChI=1S/C19H22O4/c1-19(2,3)16-11-14(22-4)9-10-17(16)23-12-13-7-5-6-8-15(13)18(20)21/h5-11H,12H2,1-4H3,(H,20,21). The molecule has 0 fully saturated rings. The van der Waals surface area contributed by atoms with Crippen molar-refractivity contribution in [1.82, 2.24) is 0 Å². The van der Waals surface area contributed by atoms with Crippen molar-refractivity contribution in [1.29, 1.82) is 0 Å². The minimum absolute atomic E-state index is 0.115. The Bertz CT molecular complexity index is 699. The molecule has 2 aromatic rings. The van der Waals surface area contributed by atoms with Crippen molar-refractivity contribution in [3.8, 4) is 11.5 Å². The van der Waals surface area contributed by atoms with Crippen molar-refractivity contribution in [3.63, 3.8) is 0 Å². The Morgan fingerprint density at radius 1 is 1.13 bits per heavy atom. The lowest BCUT2D eigenvalue weighted by Crippen LogP contribution is -2.14. The minimum atomic E-state index is -0.949. The third-order valence-corrected chi connectivity index (χ3v) is 3.63. The van der Waals surface area contributed by atoms with E-state index in [9.17, 15) is 9.90 Å². The number of hydrogen-bond donors (Lipinski definition) is 1. The monoisotopic (exact) mass is 314 g/mol. The molecule has 0 saturated heterocycles. The summed E-state index contributed by atoms with van der Waals surface area (Å²) in [6, 6.07) is 12.5. The lowest BCUT2D eigenvalue weighted by molar-refractivity contribution is 0.0694. The zero-order valence-electron chi connectivity index (χ0n) is 13.9. The summed E-state index contributed by atoms with van der Waals surface area (Å²) in [7, 11) is 1.63. The van der Waals surface area contributed by atoms with Gasteiger partial charge in [0.15, 0.2) is 0 Å². The normalized spacial score (nSPS) is 11.1. The number of carboxylic acids is 1. The van der Waals surface area contributed by atoms with Gasteiger partial charge in [0, 0.05) is 11.1 Å². The van der Waals surface area contributed by atoms with Crippen LogP contribution in [0.2, 0.25) is 0 Å². The highest BCUT2D eigenvalue weighted by atomic mass is 16.5. The lowest BCUT2D eigenvalue weighted by atomic mass is 9.86. The van der Waals surface area contributed by atoms with E-state index in [4.69, 9.17) is 9.47 Å². The van der Waals surface area contributed by atoms with Gasteiger partial charge in [-0.15, -0.1) is 0 Å². The van der Waals surface area contributed by atoms with E-state index >= 15 is 0 Å². The van der Waals surface area contributed by atoms with E-state index in [2.05, 4.69) is 20.8 Å². The molecule has 23 heavy (non-hydrogen) atoms. The molecule has 0 saturated carbocycles. The van der Waals surface area contributed by atoms with Gasteiger partial charge in [0.25, 0.3) is 0 Å². The molecule has 4 nitrogen and oxygen atoms in total. The van der Waals surface area contributed by atoms with Gasteiger partial charge in [0.05, 0.1) is 12.7 Å². The molecule has 4 heteroatoms. The van der Waals surface area contributed by atoms with Gasteiger partial charge in [0.2, 0.25) is 0 Å². The van der Waals surface area contributed by atoms with Crippen molar-refractivity contribution in [3.05, 3.63) is 59.2 Å². The molecule has 0 bridgehead atoms. The summed E-state index contributed by atoms with van der Waals surface area (Å²) in [6.45, 7) is 6.50. The zero-order chi connectivity index (χ0) is 17.0. The van der Waals surface area contributed by atoms with Gasteiger partial charge in [-0.05, 0) is 29.7 Å². The average Bonchev–Trinajstić information content (AvgIpc) is 2.52. The van der Waals surface area contributed by atoms with Crippen molar-refractivity contribution < 1.29 is 19.4 Å². The molecule has 122 valence electrons. The minimum Gasteiger partial charge on any atom is -0.497 e. The highest BCUT2D eigenvalue weighted by Crippen LogP contribution is 2.34. The summed E-state index contributed by atoms with van der Waals surface area (Å²) >= 11 is 0. The first kappa shape index (κ1) is 16.9. The molecule has 0 aromatic heterocycles. The largest absolute Gasteiger partial charge is 0.497 e. The Labute approximate surface area is 136 Å². The SMILES string of the molecule is COc1ccc(OCc2ccccc2C(=O)O)c(C(C)(C)C)c1. The molecule has 0 radical (unpaired) electrons. The molecule has 0 spiro atoms. The zero-order valence-corrected chi connectivity index (χ0v) is 13.9. The fourth-order valence-electron chi connectivity index (χ4n) is 2.36. The second kappa shape index (κ2) is 6.73. The van der Waals surface area contributed by atoms with Crippen LogP contribution in [0.3, 0.4) is 0 Å². The number of benzene rings is 2. The number of aromatic carboxylic acids is 1. The third-order valence-electron chi connectivity index (χ3n) is 3.63. The van der Waals surface area contributed by atoms with E-state index < -0.39 is 5.97 Å². The number of carbonyl (C=O) groups is 1. The van der Waals surface area contributed by atoms with Crippen LogP contribution in [0.25, 0.3) is 0 Å². The van der Waals surface area contributed by atoms with Crippen LogP contribution in [0, 0.1) is 0 Å². The van der Waals surface area contributed by atoms with E-state index in [1.165, 1.54) is 0 Å². The van der Waals surface area contributed by atoms with Gasteiger partial charge in [-0.25, -0.2) is 4.79 Å². The summed E-state index contributed by atoms with van der Waals surface area (Å²) in [5.74, 6) is 0.557. The van der Waals surface area contributed by atoms with Crippen molar-refractivity contribution in [2.45, 2.75) is 32.8 Å². The molecular formula is C19H22O4. The average molecular weight is 314 g/mol. The van der Waals surface area contributed by atoms with Gasteiger partial charge in [-0.1, -0.05) is 39.0 Å². The fraction of sp³-hybridized carbons (Fsp3) is 0.316. The Morgan fingerprint density at radius 2 is 1.83 bits per heavy atom. The number of hydrogen-bond acceptors (Lipinski definition) is 3. The third kappa shape index (κ3) is 4.03. The van der Waals surface area contributed by atoms with Crippen molar-refractivity contribution in [2.24, 2.45) is 0 Å². The molecule has 1 N–H and O–H groups in total. The molecule has 0 heterocycles. The van der Waals surface area contributed by atoms with E-state index in [-0.39, 0.29) is 17.6 Å². The Hall–Kier alpha value is -2.49. The van der Waals surface area contributed by atoms with Crippen LogP contribution in [0.1, 0.15) is 42.3 Å². The van der Waals surface area contributed by atoms with Crippen molar-refractivity contribution >= 4 is 5.97 Å². The van der Waals surface area contributed by atoms with E-state index in [0.29, 0.717) is 5.56 Å². The maximum atomic E-state index is 11.3. The maximum Gasteiger partial charge on any atom is 0.336 e. The Balaban J connectivity index is 2.29.